The molecule has 0 spiro atoms. The maximum absolute atomic E-state index is 13.5. The molecule has 0 aromatic heterocycles. The van der Waals surface area contributed by atoms with Crippen molar-refractivity contribution in [2.45, 2.75) is 32.4 Å². The van der Waals surface area contributed by atoms with E-state index in [0.717, 1.165) is 16.7 Å². The lowest BCUT2D eigenvalue weighted by molar-refractivity contribution is -0.136. The number of hydrogen-bond acceptors (Lipinski definition) is 4. The molecule has 31 heavy (non-hydrogen) atoms. The van der Waals surface area contributed by atoms with E-state index in [1.165, 1.54) is 7.11 Å². The molecule has 1 aliphatic rings. The van der Waals surface area contributed by atoms with Crippen LogP contribution in [0.5, 0.6) is 5.75 Å². The minimum absolute atomic E-state index is 0.328. The predicted molar refractivity (Wildman–Crippen MR) is 119 cm³/mol. The van der Waals surface area contributed by atoms with Gasteiger partial charge in [0.2, 0.25) is 0 Å². The van der Waals surface area contributed by atoms with Crippen LogP contribution < -0.4 is 9.64 Å². The van der Waals surface area contributed by atoms with Crippen LogP contribution in [0.1, 0.15) is 39.0 Å². The lowest BCUT2D eigenvalue weighted by atomic mass is 9.88. The summed E-state index contributed by atoms with van der Waals surface area (Å²) in [4.78, 5) is 28.2. The molecule has 1 heterocycles. The number of para-hydroxylation sites is 2. The van der Waals surface area contributed by atoms with Crippen molar-refractivity contribution in [3.63, 3.8) is 0 Å². The van der Waals surface area contributed by atoms with Crippen LogP contribution in [-0.2, 0) is 16.9 Å². The second-order valence-electron chi connectivity index (χ2n) is 8.00. The minimum Gasteiger partial charge on any atom is -0.496 e. The summed E-state index contributed by atoms with van der Waals surface area (Å²) in [6.45, 7) is 4.33. The van der Waals surface area contributed by atoms with Gasteiger partial charge in [0.05, 0.1) is 31.3 Å². The van der Waals surface area contributed by atoms with Crippen molar-refractivity contribution in [1.82, 2.24) is 0 Å². The Morgan fingerprint density at radius 2 is 1.74 bits per heavy atom. The molecule has 0 aliphatic carbocycles. The highest BCUT2D eigenvalue weighted by Gasteiger charge is 2.51. The van der Waals surface area contributed by atoms with Crippen molar-refractivity contribution in [3.8, 4) is 5.75 Å². The molecule has 1 unspecified atom stereocenters. The van der Waals surface area contributed by atoms with Gasteiger partial charge in [-0.1, -0.05) is 54.1 Å². The van der Waals surface area contributed by atoms with Crippen molar-refractivity contribution < 1.29 is 19.4 Å². The van der Waals surface area contributed by atoms with Crippen molar-refractivity contribution in [2.24, 2.45) is 0 Å². The van der Waals surface area contributed by atoms with E-state index in [1.54, 1.807) is 41.3 Å². The van der Waals surface area contributed by atoms with Gasteiger partial charge in [0, 0.05) is 5.56 Å². The number of benzene rings is 3. The van der Waals surface area contributed by atoms with E-state index in [0.29, 0.717) is 29.1 Å². The van der Waals surface area contributed by atoms with E-state index in [1.807, 2.05) is 44.2 Å². The molecule has 3 aromatic rings. The highest BCUT2D eigenvalue weighted by atomic mass is 16.5. The van der Waals surface area contributed by atoms with E-state index in [-0.39, 0.29) is 12.2 Å². The quantitative estimate of drug-likeness (QED) is 0.609. The molecule has 0 fully saturated rings. The molecule has 0 saturated carbocycles. The van der Waals surface area contributed by atoms with E-state index in [9.17, 15) is 14.7 Å². The SMILES string of the molecule is COc1ccccc1C(=O)CC1(O)C(=O)N(Cc2cc(C)ccc2C)c2ccccc21. The maximum atomic E-state index is 13.5. The van der Waals surface area contributed by atoms with Gasteiger partial charge in [-0.15, -0.1) is 0 Å². The van der Waals surface area contributed by atoms with Crippen LogP contribution in [0.15, 0.2) is 66.7 Å². The molecule has 1 aliphatic heterocycles. The Balaban J connectivity index is 1.71. The number of anilines is 1. The number of Topliss-reactive ketones (excluding diaryl/α,β-unsaturated/α-hetero) is 1. The number of fused-ring (bicyclic) bond motifs is 1. The lowest BCUT2D eigenvalue weighted by Crippen LogP contribution is -2.41. The van der Waals surface area contributed by atoms with Crippen molar-refractivity contribution in [2.75, 3.05) is 12.0 Å². The van der Waals surface area contributed by atoms with Gasteiger partial charge >= 0.3 is 0 Å². The van der Waals surface area contributed by atoms with Crippen LogP contribution in [0.4, 0.5) is 5.69 Å². The Bertz CT molecular complexity index is 1170. The van der Waals surface area contributed by atoms with Crippen LogP contribution in [0.2, 0.25) is 0 Å². The third-order valence-electron chi connectivity index (χ3n) is 5.90. The molecule has 5 nitrogen and oxygen atoms in total. The molecule has 4 rings (SSSR count). The van der Waals surface area contributed by atoms with Crippen LogP contribution in [0.3, 0.4) is 0 Å². The second-order valence-corrected chi connectivity index (χ2v) is 8.00. The number of methoxy groups -OCH3 is 1. The first-order chi connectivity index (χ1) is 14.8. The third kappa shape index (κ3) is 3.62. The number of ketones is 1. The Labute approximate surface area is 181 Å². The first kappa shape index (κ1) is 20.8. The lowest BCUT2D eigenvalue weighted by Gasteiger charge is -2.23. The summed E-state index contributed by atoms with van der Waals surface area (Å²) in [7, 11) is 1.49. The summed E-state index contributed by atoms with van der Waals surface area (Å²) in [5.74, 6) is -0.420. The van der Waals surface area contributed by atoms with Gasteiger partial charge in [0.15, 0.2) is 11.4 Å². The zero-order valence-electron chi connectivity index (χ0n) is 17.9. The Kier molecular flexibility index (Phi) is 5.38. The van der Waals surface area contributed by atoms with Crippen LogP contribution >= 0.6 is 0 Å². The van der Waals surface area contributed by atoms with Gasteiger partial charge in [-0.25, -0.2) is 0 Å². The highest BCUT2D eigenvalue weighted by Crippen LogP contribution is 2.44. The maximum Gasteiger partial charge on any atom is 0.264 e. The number of aryl methyl sites for hydroxylation is 2. The Hall–Kier alpha value is -3.44. The number of carbonyl (C=O) groups is 2. The van der Waals surface area contributed by atoms with E-state index < -0.39 is 11.5 Å². The van der Waals surface area contributed by atoms with E-state index in [2.05, 4.69) is 0 Å². The van der Waals surface area contributed by atoms with Crippen molar-refractivity contribution in [1.29, 1.82) is 0 Å². The van der Waals surface area contributed by atoms with E-state index >= 15 is 0 Å². The molecule has 0 saturated heterocycles. The van der Waals surface area contributed by atoms with Crippen molar-refractivity contribution in [3.05, 3.63) is 94.5 Å². The second kappa shape index (κ2) is 8.00. The number of rotatable bonds is 6. The fraction of sp³-hybridized carbons (Fsp3) is 0.231. The molecular formula is C26H25NO4. The average Bonchev–Trinajstić information content (AvgIpc) is 2.98. The van der Waals surface area contributed by atoms with Gasteiger partial charge in [-0.3, -0.25) is 9.59 Å². The van der Waals surface area contributed by atoms with Gasteiger partial charge in [0.1, 0.15) is 5.75 Å². The molecule has 1 amide bonds. The van der Waals surface area contributed by atoms with Crippen LogP contribution in [0, 0.1) is 13.8 Å². The number of carbonyl (C=O) groups excluding carboxylic acids is 2. The molecule has 1 atom stereocenters. The molecule has 1 N–H and O–H groups in total. The monoisotopic (exact) mass is 415 g/mol. The van der Waals surface area contributed by atoms with Gasteiger partial charge in [-0.2, -0.15) is 0 Å². The summed E-state index contributed by atoms with van der Waals surface area (Å²) in [5, 5.41) is 11.5. The zero-order valence-corrected chi connectivity index (χ0v) is 17.9. The minimum atomic E-state index is -1.92. The smallest absolute Gasteiger partial charge is 0.264 e. The summed E-state index contributed by atoms with van der Waals surface area (Å²) >= 11 is 0. The van der Waals surface area contributed by atoms with Crippen LogP contribution in [-0.4, -0.2) is 23.9 Å². The van der Waals surface area contributed by atoms with Gasteiger partial charge in [-0.05, 0) is 43.2 Å². The first-order valence-corrected chi connectivity index (χ1v) is 10.2. The Morgan fingerprint density at radius 3 is 2.52 bits per heavy atom. The fourth-order valence-electron chi connectivity index (χ4n) is 4.18. The number of nitrogens with zero attached hydrogens (tertiary/aromatic N) is 1. The number of aliphatic hydroxyl groups is 1. The first-order valence-electron chi connectivity index (χ1n) is 10.2. The predicted octanol–water partition coefficient (Wildman–Crippen LogP) is 4.32. The largest absolute Gasteiger partial charge is 0.496 e. The summed E-state index contributed by atoms with van der Waals surface area (Å²) in [5.41, 5.74) is 2.67. The number of amides is 1. The van der Waals surface area contributed by atoms with E-state index in [4.69, 9.17) is 4.74 Å². The standard InChI is InChI=1S/C26H25NO4/c1-17-12-13-18(2)19(14-17)16-27-22-10-6-5-9-21(22)26(30,25(27)29)15-23(28)20-8-4-7-11-24(20)31-3/h4-14,30H,15-16H2,1-3H3. The van der Waals surface area contributed by atoms with Gasteiger partial charge in [0.25, 0.3) is 5.91 Å². The molecule has 0 radical (unpaired) electrons. The zero-order chi connectivity index (χ0) is 22.2. The molecular weight excluding hydrogens is 390 g/mol. The van der Waals surface area contributed by atoms with Crippen LogP contribution in [0.25, 0.3) is 0 Å². The average molecular weight is 415 g/mol. The Morgan fingerprint density at radius 1 is 1.03 bits per heavy atom. The molecule has 0 bridgehead atoms. The fourth-order valence-corrected chi connectivity index (χ4v) is 4.18. The summed E-state index contributed by atoms with van der Waals surface area (Å²) in [6, 6.07) is 20.1. The topological polar surface area (TPSA) is 66.8 Å². The number of hydrogen-bond donors (Lipinski definition) is 1. The third-order valence-corrected chi connectivity index (χ3v) is 5.90. The molecule has 158 valence electrons. The highest BCUT2D eigenvalue weighted by molar-refractivity contribution is 6.11. The molecule has 5 heteroatoms. The van der Waals surface area contributed by atoms with Crippen molar-refractivity contribution >= 4 is 17.4 Å². The number of ether oxygens (including phenoxy) is 1. The van der Waals surface area contributed by atoms with Gasteiger partial charge < -0.3 is 14.7 Å². The normalized spacial score (nSPS) is 17.5. The summed E-state index contributed by atoms with van der Waals surface area (Å²) < 4.78 is 5.29. The molecule has 3 aromatic carbocycles. The summed E-state index contributed by atoms with van der Waals surface area (Å²) in [6.07, 6.45) is -0.355.